The van der Waals surface area contributed by atoms with Crippen LogP contribution in [-0.2, 0) is 6.11 Å². The Morgan fingerprint density at radius 3 is 1.88 bits per heavy atom. The maximum atomic E-state index is 14.7. The summed E-state index contributed by atoms with van der Waals surface area (Å²) in [6.45, 7) is 1.76. The van der Waals surface area contributed by atoms with Gasteiger partial charge in [-0.1, -0.05) is 31.2 Å². The number of hydrogen-bond acceptors (Lipinski definition) is 2. The zero-order chi connectivity index (χ0) is 29.4. The van der Waals surface area contributed by atoms with E-state index in [1.54, 1.807) is 6.92 Å². The fourth-order valence-corrected chi connectivity index (χ4v) is 4.56. The van der Waals surface area contributed by atoms with Crippen molar-refractivity contribution in [2.45, 2.75) is 44.6 Å². The lowest BCUT2D eigenvalue weighted by atomic mass is 9.81. The van der Waals surface area contributed by atoms with Gasteiger partial charge in [-0.3, -0.25) is 0 Å². The zero-order valence-corrected chi connectivity index (χ0v) is 20.6. The molecule has 2 nitrogen and oxygen atoms in total. The van der Waals surface area contributed by atoms with Gasteiger partial charge in [0.15, 0.2) is 11.6 Å². The van der Waals surface area contributed by atoms with Crippen molar-refractivity contribution in [3.05, 3.63) is 94.8 Å². The number of hydrogen-bond donors (Lipinski definition) is 0. The van der Waals surface area contributed by atoms with E-state index in [2.05, 4.69) is 9.47 Å². The Kier molecular flexibility index (Phi) is 8.09. The highest BCUT2D eigenvalue weighted by Gasteiger charge is 2.42. The molecule has 0 saturated heterocycles. The summed E-state index contributed by atoms with van der Waals surface area (Å²) < 4.78 is 146. The van der Waals surface area contributed by atoms with Gasteiger partial charge in [-0.05, 0) is 60.2 Å². The molecule has 1 aliphatic carbocycles. The van der Waals surface area contributed by atoms with Crippen LogP contribution in [0.4, 0.5) is 43.9 Å². The summed E-state index contributed by atoms with van der Waals surface area (Å²) in [7, 11) is 0. The smallest absolute Gasteiger partial charge is 0.429 e. The molecule has 0 aromatic heterocycles. The molecule has 40 heavy (non-hydrogen) atoms. The summed E-state index contributed by atoms with van der Waals surface area (Å²) in [5, 5.41) is 0. The maximum absolute atomic E-state index is 14.7. The van der Waals surface area contributed by atoms with E-state index < -0.39 is 70.5 Å². The molecular formula is C28H20F10O2. The Labute approximate surface area is 221 Å². The molecule has 2 atom stereocenters. The summed E-state index contributed by atoms with van der Waals surface area (Å²) in [6, 6.07) is 7.84. The van der Waals surface area contributed by atoms with E-state index in [4.69, 9.17) is 0 Å². The third kappa shape index (κ3) is 6.20. The van der Waals surface area contributed by atoms with E-state index in [9.17, 15) is 43.9 Å². The van der Waals surface area contributed by atoms with Gasteiger partial charge in [-0.2, -0.15) is 8.78 Å². The van der Waals surface area contributed by atoms with Crippen LogP contribution in [0.2, 0.25) is 0 Å². The Bertz CT molecular complexity index is 1390. The van der Waals surface area contributed by atoms with E-state index in [-0.39, 0.29) is 17.2 Å². The van der Waals surface area contributed by atoms with Gasteiger partial charge in [0, 0.05) is 17.9 Å². The highest BCUT2D eigenvalue weighted by molar-refractivity contribution is 5.65. The van der Waals surface area contributed by atoms with Crippen LogP contribution in [0.25, 0.3) is 11.1 Å². The molecule has 0 fully saturated rings. The standard InChI is InChI=1S/C28H20F10O2/c1-2-14-7-9-19(26(33)25(14)32)16-5-3-15(4-6-16)17-11-21(30)24(22(31)12-17)27(34,35)39-18-8-10-23(20(29)13-18)40-28(36,37)38/h3-6,8,10-14,19H,2,7,9H2,1H3. The Morgan fingerprint density at radius 2 is 1.32 bits per heavy atom. The SMILES string of the molecule is CCC1CCC(c2ccc(-c3cc(F)c(C(F)(F)Oc4ccc(OC(F)(F)F)c(F)c4)c(F)c3)cc2)C(F)=C1F. The number of benzene rings is 3. The van der Waals surface area contributed by atoms with E-state index in [1.165, 1.54) is 24.3 Å². The van der Waals surface area contributed by atoms with Crippen LogP contribution < -0.4 is 9.47 Å². The first kappa shape index (κ1) is 29.3. The third-order valence-electron chi connectivity index (χ3n) is 6.54. The molecule has 3 aromatic carbocycles. The van der Waals surface area contributed by atoms with Gasteiger partial charge in [0.05, 0.1) is 0 Å². The molecule has 0 N–H and O–H groups in total. The van der Waals surface area contributed by atoms with Crippen LogP contribution in [0.15, 0.2) is 66.3 Å². The van der Waals surface area contributed by atoms with Crippen molar-refractivity contribution in [3.8, 4) is 22.6 Å². The molecule has 0 radical (unpaired) electrons. The number of allylic oxidation sites excluding steroid dienone is 2. The lowest BCUT2D eigenvalue weighted by Gasteiger charge is -2.26. The average Bonchev–Trinajstić information content (AvgIpc) is 2.86. The van der Waals surface area contributed by atoms with Crippen LogP contribution in [0.5, 0.6) is 11.5 Å². The summed E-state index contributed by atoms with van der Waals surface area (Å²) in [4.78, 5) is 0. The quantitative estimate of drug-likeness (QED) is 0.260. The molecule has 0 aliphatic heterocycles. The van der Waals surface area contributed by atoms with Gasteiger partial charge in [0.1, 0.15) is 34.6 Å². The molecule has 0 heterocycles. The van der Waals surface area contributed by atoms with Gasteiger partial charge in [0.25, 0.3) is 0 Å². The van der Waals surface area contributed by atoms with Crippen LogP contribution in [0.1, 0.15) is 43.2 Å². The molecule has 12 heteroatoms. The first-order valence-corrected chi connectivity index (χ1v) is 12.0. The second-order valence-electron chi connectivity index (χ2n) is 9.13. The number of halogens is 10. The molecule has 2 unspecified atom stereocenters. The molecule has 0 bridgehead atoms. The topological polar surface area (TPSA) is 18.5 Å². The number of rotatable bonds is 7. The fraction of sp³-hybridized carbons (Fsp3) is 0.286. The molecule has 3 aromatic rings. The maximum Gasteiger partial charge on any atom is 0.573 e. The first-order valence-electron chi connectivity index (χ1n) is 12.0. The monoisotopic (exact) mass is 578 g/mol. The molecule has 4 rings (SSSR count). The van der Waals surface area contributed by atoms with Crippen molar-refractivity contribution in [1.82, 2.24) is 0 Å². The zero-order valence-electron chi connectivity index (χ0n) is 20.6. The summed E-state index contributed by atoms with van der Waals surface area (Å²) in [5.74, 6) is -10.5. The summed E-state index contributed by atoms with van der Waals surface area (Å²) in [6.07, 6.45) is -8.66. The van der Waals surface area contributed by atoms with E-state index in [0.29, 0.717) is 49.1 Å². The van der Waals surface area contributed by atoms with Crippen LogP contribution in [-0.4, -0.2) is 6.36 Å². The Hall–Kier alpha value is -3.70. The minimum Gasteiger partial charge on any atom is -0.429 e. The predicted octanol–water partition coefficient (Wildman–Crippen LogP) is 9.85. The van der Waals surface area contributed by atoms with Gasteiger partial charge in [0.2, 0.25) is 0 Å². The second kappa shape index (κ2) is 11.1. The highest BCUT2D eigenvalue weighted by atomic mass is 19.4. The summed E-state index contributed by atoms with van der Waals surface area (Å²) in [5.41, 5.74) is -1.36. The fourth-order valence-electron chi connectivity index (χ4n) is 4.56. The van der Waals surface area contributed by atoms with Crippen LogP contribution in [0.3, 0.4) is 0 Å². The van der Waals surface area contributed by atoms with Gasteiger partial charge in [-0.15, -0.1) is 13.2 Å². The number of ether oxygens (including phenoxy) is 2. The second-order valence-corrected chi connectivity index (χ2v) is 9.13. The van der Waals surface area contributed by atoms with E-state index in [1.807, 2.05) is 0 Å². The molecular weight excluding hydrogens is 558 g/mol. The molecule has 1 aliphatic rings. The third-order valence-corrected chi connectivity index (χ3v) is 6.54. The van der Waals surface area contributed by atoms with Crippen molar-refractivity contribution in [2.24, 2.45) is 5.92 Å². The summed E-state index contributed by atoms with van der Waals surface area (Å²) >= 11 is 0. The minimum absolute atomic E-state index is 0.138. The van der Waals surface area contributed by atoms with E-state index >= 15 is 0 Å². The first-order chi connectivity index (χ1) is 18.7. The van der Waals surface area contributed by atoms with Crippen molar-refractivity contribution in [1.29, 1.82) is 0 Å². The van der Waals surface area contributed by atoms with Crippen LogP contribution >= 0.6 is 0 Å². The van der Waals surface area contributed by atoms with Crippen molar-refractivity contribution >= 4 is 0 Å². The van der Waals surface area contributed by atoms with Crippen LogP contribution in [0, 0.1) is 23.4 Å². The number of alkyl halides is 5. The van der Waals surface area contributed by atoms with Crippen molar-refractivity contribution < 1.29 is 53.4 Å². The molecule has 0 saturated carbocycles. The minimum atomic E-state index is -5.25. The highest BCUT2D eigenvalue weighted by Crippen LogP contribution is 2.43. The Balaban J connectivity index is 1.56. The molecule has 214 valence electrons. The van der Waals surface area contributed by atoms with Crippen molar-refractivity contribution in [2.75, 3.05) is 0 Å². The van der Waals surface area contributed by atoms with Crippen molar-refractivity contribution in [3.63, 3.8) is 0 Å². The van der Waals surface area contributed by atoms with Gasteiger partial charge < -0.3 is 9.47 Å². The van der Waals surface area contributed by atoms with E-state index in [0.717, 1.165) is 0 Å². The molecule has 0 spiro atoms. The molecule has 0 amide bonds. The predicted molar refractivity (Wildman–Crippen MR) is 124 cm³/mol. The normalized spacial score (nSPS) is 18.2. The van der Waals surface area contributed by atoms with Gasteiger partial charge >= 0.3 is 12.5 Å². The lowest BCUT2D eigenvalue weighted by molar-refractivity contribution is -0.275. The van der Waals surface area contributed by atoms with Gasteiger partial charge in [-0.25, -0.2) is 22.0 Å². The Morgan fingerprint density at radius 1 is 0.700 bits per heavy atom. The lowest BCUT2D eigenvalue weighted by Crippen LogP contribution is -2.25. The average molecular weight is 578 g/mol. The largest absolute Gasteiger partial charge is 0.573 e.